The van der Waals surface area contributed by atoms with Gasteiger partial charge in [-0.2, -0.15) is 11.8 Å². The van der Waals surface area contributed by atoms with E-state index >= 15 is 0 Å². The highest BCUT2D eigenvalue weighted by Gasteiger charge is 2.31. The van der Waals surface area contributed by atoms with Crippen LogP contribution in [0.2, 0.25) is 0 Å². The molecule has 0 aromatic rings. The van der Waals surface area contributed by atoms with E-state index in [1.54, 1.807) is 11.8 Å². The van der Waals surface area contributed by atoms with Crippen LogP contribution in [0.1, 0.15) is 6.42 Å². The van der Waals surface area contributed by atoms with E-state index < -0.39 is 18.1 Å². The number of cyclic esters (lactones) is 2. The molecule has 0 aliphatic carbocycles. The quantitative estimate of drug-likeness (QED) is 0.497. The van der Waals surface area contributed by atoms with Crippen LogP contribution < -0.4 is 5.32 Å². The predicted molar refractivity (Wildman–Crippen MR) is 41.4 cm³/mol. The zero-order valence-corrected chi connectivity index (χ0v) is 6.94. The number of hydrogen-bond donors (Lipinski definition) is 1. The molecule has 1 aliphatic rings. The molecular weight excluding hydrogens is 166 g/mol. The fourth-order valence-corrected chi connectivity index (χ4v) is 1.29. The van der Waals surface area contributed by atoms with Gasteiger partial charge in [-0.15, -0.1) is 0 Å². The molecule has 1 aliphatic heterocycles. The van der Waals surface area contributed by atoms with E-state index in [9.17, 15) is 9.59 Å². The Balaban J connectivity index is 2.34. The molecule has 5 heteroatoms. The second-order valence-corrected chi connectivity index (χ2v) is 3.17. The number of esters is 1. The van der Waals surface area contributed by atoms with Gasteiger partial charge < -0.3 is 10.1 Å². The minimum atomic E-state index is -0.624. The molecule has 1 atom stereocenters. The lowest BCUT2D eigenvalue weighted by atomic mass is 10.2. The first-order valence-electron chi connectivity index (χ1n) is 3.25. The molecule has 4 nitrogen and oxygen atoms in total. The van der Waals surface area contributed by atoms with E-state index in [0.717, 1.165) is 5.75 Å². The molecule has 0 spiro atoms. The van der Waals surface area contributed by atoms with Gasteiger partial charge in [-0.25, -0.2) is 9.59 Å². The summed E-state index contributed by atoms with van der Waals surface area (Å²) in [5.41, 5.74) is 0. The number of nitrogens with one attached hydrogen (secondary N) is 1. The third-order valence-corrected chi connectivity index (χ3v) is 2.02. The normalized spacial score (nSPS) is 23.2. The summed E-state index contributed by atoms with van der Waals surface area (Å²) < 4.78 is 4.27. The molecule has 0 saturated carbocycles. The van der Waals surface area contributed by atoms with Crippen LogP contribution in [-0.2, 0) is 9.53 Å². The largest absolute Gasteiger partial charge is 0.415 e. The number of amides is 1. The van der Waals surface area contributed by atoms with Crippen molar-refractivity contribution in [2.45, 2.75) is 12.5 Å². The van der Waals surface area contributed by atoms with Crippen molar-refractivity contribution in [1.29, 1.82) is 0 Å². The number of carbonyl (C=O) groups excluding carboxylic acids is 2. The van der Waals surface area contributed by atoms with E-state index in [1.165, 1.54) is 0 Å². The van der Waals surface area contributed by atoms with Gasteiger partial charge in [-0.05, 0) is 18.4 Å². The molecule has 0 unspecified atom stereocenters. The lowest BCUT2D eigenvalue weighted by Gasteiger charge is -2.01. The first-order valence-corrected chi connectivity index (χ1v) is 4.64. The zero-order chi connectivity index (χ0) is 8.27. The highest BCUT2D eigenvalue weighted by atomic mass is 32.2. The minimum Gasteiger partial charge on any atom is -0.375 e. The lowest BCUT2D eigenvalue weighted by molar-refractivity contribution is -0.135. The van der Waals surface area contributed by atoms with Gasteiger partial charge >= 0.3 is 12.1 Å². The fourth-order valence-electron chi connectivity index (χ4n) is 0.819. The van der Waals surface area contributed by atoms with E-state index in [0.29, 0.717) is 6.42 Å². The van der Waals surface area contributed by atoms with E-state index in [-0.39, 0.29) is 0 Å². The zero-order valence-electron chi connectivity index (χ0n) is 6.12. The fraction of sp³-hybridized carbons (Fsp3) is 0.667. The van der Waals surface area contributed by atoms with Gasteiger partial charge in [-0.1, -0.05) is 0 Å². The van der Waals surface area contributed by atoms with E-state index in [4.69, 9.17) is 0 Å². The Hall–Kier alpha value is -0.710. The second kappa shape index (κ2) is 3.61. The van der Waals surface area contributed by atoms with Crippen molar-refractivity contribution in [2.75, 3.05) is 12.0 Å². The summed E-state index contributed by atoms with van der Waals surface area (Å²) in [6, 6.07) is -0.421. The summed E-state index contributed by atoms with van der Waals surface area (Å²) in [6.07, 6.45) is 1.97. The molecule has 1 amide bonds. The van der Waals surface area contributed by atoms with Crippen molar-refractivity contribution < 1.29 is 14.3 Å². The molecular formula is C6H9NO3S. The van der Waals surface area contributed by atoms with Gasteiger partial charge in [0.15, 0.2) is 0 Å². The highest BCUT2D eigenvalue weighted by Crippen LogP contribution is 2.07. The highest BCUT2D eigenvalue weighted by molar-refractivity contribution is 7.98. The van der Waals surface area contributed by atoms with E-state index in [2.05, 4.69) is 10.1 Å². The van der Waals surface area contributed by atoms with Crippen LogP contribution in [0.15, 0.2) is 0 Å². The first kappa shape index (κ1) is 8.39. The third kappa shape index (κ3) is 2.11. The number of ether oxygens (including phenoxy) is 1. The molecule has 1 fully saturated rings. The SMILES string of the molecule is CSCC[C@@H]1NC(=O)OC1=O. The van der Waals surface area contributed by atoms with Crippen molar-refractivity contribution in [3.8, 4) is 0 Å². The monoisotopic (exact) mass is 175 g/mol. The smallest absolute Gasteiger partial charge is 0.375 e. The molecule has 1 saturated heterocycles. The Kier molecular flexibility index (Phi) is 2.76. The summed E-state index contributed by atoms with van der Waals surface area (Å²) in [6.45, 7) is 0. The molecule has 1 rings (SSSR count). The number of alkyl carbamates (subject to hydrolysis) is 1. The van der Waals surface area contributed by atoms with Crippen LogP contribution in [-0.4, -0.2) is 30.1 Å². The predicted octanol–water partition coefficient (Wildman–Crippen LogP) is 0.374. The number of hydrogen-bond acceptors (Lipinski definition) is 4. The van der Waals surface area contributed by atoms with Gasteiger partial charge in [0.25, 0.3) is 0 Å². The van der Waals surface area contributed by atoms with Crippen molar-refractivity contribution in [1.82, 2.24) is 5.32 Å². The molecule has 0 aromatic heterocycles. The standard InChI is InChI=1S/C6H9NO3S/c1-11-3-2-4-5(8)10-6(9)7-4/h4H,2-3H2,1H3,(H,7,9)/t4-/m0/s1. The van der Waals surface area contributed by atoms with Crippen LogP contribution in [0.25, 0.3) is 0 Å². The topological polar surface area (TPSA) is 55.4 Å². The molecule has 0 aromatic carbocycles. The Bertz CT molecular complexity index is 183. The van der Waals surface area contributed by atoms with Crippen LogP contribution in [0.3, 0.4) is 0 Å². The van der Waals surface area contributed by atoms with Gasteiger partial charge in [0, 0.05) is 0 Å². The van der Waals surface area contributed by atoms with Gasteiger partial charge in [0.1, 0.15) is 6.04 Å². The minimum absolute atomic E-state index is 0.421. The molecule has 0 radical (unpaired) electrons. The maximum Gasteiger partial charge on any atom is 0.415 e. The summed E-state index contributed by atoms with van der Waals surface area (Å²) in [5, 5.41) is 2.41. The van der Waals surface area contributed by atoms with Gasteiger partial charge in [0.05, 0.1) is 0 Å². The van der Waals surface area contributed by atoms with Crippen LogP contribution in [0.4, 0.5) is 4.79 Å². The Morgan fingerprint density at radius 2 is 2.36 bits per heavy atom. The maximum absolute atomic E-state index is 10.8. The van der Waals surface area contributed by atoms with Gasteiger partial charge in [0.2, 0.25) is 0 Å². The average Bonchev–Trinajstić information content (AvgIpc) is 2.26. The summed E-state index contributed by atoms with van der Waals surface area (Å²) in [7, 11) is 0. The molecule has 11 heavy (non-hydrogen) atoms. The Morgan fingerprint density at radius 3 is 2.82 bits per heavy atom. The van der Waals surface area contributed by atoms with Crippen molar-refractivity contribution in [3.63, 3.8) is 0 Å². The van der Waals surface area contributed by atoms with Crippen LogP contribution >= 0.6 is 11.8 Å². The number of thioether (sulfide) groups is 1. The molecule has 1 N–H and O–H groups in total. The van der Waals surface area contributed by atoms with Crippen molar-refractivity contribution >= 4 is 23.8 Å². The van der Waals surface area contributed by atoms with Crippen LogP contribution in [0.5, 0.6) is 0 Å². The molecule has 62 valence electrons. The van der Waals surface area contributed by atoms with Crippen LogP contribution in [0, 0.1) is 0 Å². The summed E-state index contributed by atoms with van der Waals surface area (Å²) in [5.74, 6) is 0.393. The van der Waals surface area contributed by atoms with Gasteiger partial charge in [-0.3, -0.25) is 0 Å². The molecule has 1 heterocycles. The second-order valence-electron chi connectivity index (χ2n) is 2.19. The summed E-state index contributed by atoms with van der Waals surface area (Å²) in [4.78, 5) is 21.2. The maximum atomic E-state index is 10.8. The number of rotatable bonds is 3. The number of carbonyl (C=O) groups is 2. The van der Waals surface area contributed by atoms with Crippen molar-refractivity contribution in [2.24, 2.45) is 0 Å². The first-order chi connectivity index (χ1) is 5.24. The summed E-state index contributed by atoms with van der Waals surface area (Å²) >= 11 is 1.63. The lowest BCUT2D eigenvalue weighted by Crippen LogP contribution is -2.29. The Morgan fingerprint density at radius 1 is 1.64 bits per heavy atom. The Labute approximate surface area is 68.7 Å². The van der Waals surface area contributed by atoms with Crippen molar-refractivity contribution in [3.05, 3.63) is 0 Å². The van der Waals surface area contributed by atoms with E-state index in [1.807, 2.05) is 6.26 Å². The third-order valence-electron chi connectivity index (χ3n) is 1.38. The molecule has 0 bridgehead atoms. The average molecular weight is 175 g/mol.